The highest BCUT2D eigenvalue weighted by molar-refractivity contribution is 5.92. The molecule has 6 heteroatoms. The third kappa shape index (κ3) is 3.76. The summed E-state index contributed by atoms with van der Waals surface area (Å²) in [4.78, 5) is 12.0. The molecule has 1 aliphatic carbocycles. The van der Waals surface area contributed by atoms with E-state index in [1.807, 2.05) is 0 Å². The summed E-state index contributed by atoms with van der Waals surface area (Å²) in [5, 5.41) is 12.2. The van der Waals surface area contributed by atoms with E-state index in [1.54, 1.807) is 6.07 Å². The number of carbonyl (C=O) groups is 1. The molecule has 19 heavy (non-hydrogen) atoms. The van der Waals surface area contributed by atoms with Gasteiger partial charge in [0.15, 0.2) is 0 Å². The molecule has 0 spiro atoms. The molecule has 2 rings (SSSR count). The number of nitrogens with zero attached hydrogens (tertiary/aromatic N) is 1. The molecule has 0 aromatic carbocycles. The van der Waals surface area contributed by atoms with Crippen LogP contribution < -0.4 is 5.32 Å². The highest BCUT2D eigenvalue weighted by atomic mass is 19.3. The van der Waals surface area contributed by atoms with Crippen molar-refractivity contribution >= 4 is 5.91 Å². The van der Waals surface area contributed by atoms with Gasteiger partial charge in [-0.15, -0.1) is 0 Å². The molecule has 1 heterocycles. The van der Waals surface area contributed by atoms with E-state index in [9.17, 15) is 18.7 Å². The Morgan fingerprint density at radius 3 is 2.74 bits per heavy atom. The summed E-state index contributed by atoms with van der Waals surface area (Å²) in [5.74, 6) is -0.327. The Kier molecular flexibility index (Phi) is 4.52. The summed E-state index contributed by atoms with van der Waals surface area (Å²) in [6, 6.07) is 3.14. The van der Waals surface area contributed by atoms with E-state index in [0.29, 0.717) is 12.8 Å². The molecule has 1 amide bonds. The monoisotopic (exact) mass is 272 g/mol. The number of nitrogens with one attached hydrogen (secondary N) is 1. The van der Waals surface area contributed by atoms with Crippen molar-refractivity contribution in [2.24, 2.45) is 0 Å². The van der Waals surface area contributed by atoms with Crippen LogP contribution >= 0.6 is 0 Å². The first kappa shape index (κ1) is 14.0. The second-order valence-electron chi connectivity index (χ2n) is 4.92. The van der Waals surface area contributed by atoms with Gasteiger partial charge in [-0.3, -0.25) is 4.79 Å². The number of hydrogen-bond acceptors (Lipinski definition) is 2. The van der Waals surface area contributed by atoms with Crippen LogP contribution in [0.15, 0.2) is 18.3 Å². The number of aromatic nitrogens is 1. The Morgan fingerprint density at radius 1 is 1.42 bits per heavy atom. The van der Waals surface area contributed by atoms with E-state index < -0.39 is 13.0 Å². The van der Waals surface area contributed by atoms with Crippen molar-refractivity contribution in [3.63, 3.8) is 0 Å². The quantitative estimate of drug-likeness (QED) is 0.878. The van der Waals surface area contributed by atoms with Crippen LogP contribution in [-0.2, 0) is 6.54 Å². The van der Waals surface area contributed by atoms with Gasteiger partial charge >= 0.3 is 0 Å². The zero-order valence-electron chi connectivity index (χ0n) is 10.6. The maximum absolute atomic E-state index is 12.4. The molecule has 0 unspecified atom stereocenters. The highest BCUT2D eigenvalue weighted by Gasteiger charge is 2.22. The summed E-state index contributed by atoms with van der Waals surface area (Å²) in [5.41, 5.74) is 0.256. The Labute approximate surface area is 110 Å². The van der Waals surface area contributed by atoms with Crippen LogP contribution in [0.1, 0.15) is 36.2 Å². The van der Waals surface area contributed by atoms with E-state index in [1.165, 1.54) is 16.8 Å². The standard InChI is InChI=1S/C13H18F2N2O2/c14-12(15)8-17-7-1-2-11(17)13(19)16-9-3-5-10(18)6-4-9/h1-2,7,9-10,12,18H,3-6,8H2,(H,16,19). The normalized spacial score (nSPS) is 23.6. The fourth-order valence-corrected chi connectivity index (χ4v) is 2.41. The zero-order chi connectivity index (χ0) is 13.8. The highest BCUT2D eigenvalue weighted by Crippen LogP contribution is 2.19. The van der Waals surface area contributed by atoms with Crippen molar-refractivity contribution in [1.29, 1.82) is 0 Å². The number of halogens is 2. The molecule has 2 N–H and O–H groups in total. The summed E-state index contributed by atoms with van der Waals surface area (Å²) in [6.45, 7) is -0.473. The van der Waals surface area contributed by atoms with Crippen molar-refractivity contribution in [1.82, 2.24) is 9.88 Å². The summed E-state index contributed by atoms with van der Waals surface area (Å²) in [6.07, 6.45) is 1.50. The average Bonchev–Trinajstić information content (AvgIpc) is 2.79. The van der Waals surface area contributed by atoms with Gasteiger partial charge in [0, 0.05) is 12.2 Å². The molecule has 4 nitrogen and oxygen atoms in total. The lowest BCUT2D eigenvalue weighted by Gasteiger charge is -2.26. The van der Waals surface area contributed by atoms with Gasteiger partial charge in [-0.2, -0.15) is 0 Å². The first-order valence-electron chi connectivity index (χ1n) is 6.48. The smallest absolute Gasteiger partial charge is 0.268 e. The van der Waals surface area contributed by atoms with E-state index in [0.717, 1.165) is 12.8 Å². The first-order chi connectivity index (χ1) is 9.06. The molecule has 106 valence electrons. The summed E-state index contributed by atoms with van der Waals surface area (Å²) < 4.78 is 26.0. The van der Waals surface area contributed by atoms with E-state index in [2.05, 4.69) is 5.32 Å². The van der Waals surface area contributed by atoms with E-state index >= 15 is 0 Å². The van der Waals surface area contributed by atoms with Crippen LogP contribution in [-0.4, -0.2) is 34.2 Å². The van der Waals surface area contributed by atoms with Gasteiger partial charge in [0.2, 0.25) is 0 Å². The molecule has 1 fully saturated rings. The van der Waals surface area contributed by atoms with Gasteiger partial charge in [-0.05, 0) is 37.8 Å². The Hall–Kier alpha value is -1.43. The maximum atomic E-state index is 12.4. The third-order valence-corrected chi connectivity index (χ3v) is 3.43. The fraction of sp³-hybridized carbons (Fsp3) is 0.615. The predicted octanol–water partition coefficient (Wildman–Crippen LogP) is 1.79. The molecule has 1 saturated carbocycles. The molecule has 0 radical (unpaired) electrons. The van der Waals surface area contributed by atoms with Crippen LogP contribution in [0.2, 0.25) is 0 Å². The molecular weight excluding hydrogens is 254 g/mol. The van der Waals surface area contributed by atoms with Gasteiger partial charge in [0.05, 0.1) is 12.6 Å². The Morgan fingerprint density at radius 2 is 2.11 bits per heavy atom. The van der Waals surface area contributed by atoms with Crippen LogP contribution in [0.5, 0.6) is 0 Å². The Balaban J connectivity index is 1.94. The molecule has 0 aliphatic heterocycles. The molecule has 0 atom stereocenters. The lowest BCUT2D eigenvalue weighted by atomic mass is 9.93. The minimum absolute atomic E-state index is 0.0193. The lowest BCUT2D eigenvalue weighted by molar-refractivity contribution is 0.0849. The third-order valence-electron chi connectivity index (χ3n) is 3.43. The number of aliphatic hydroxyl groups excluding tert-OH is 1. The van der Waals surface area contributed by atoms with Gasteiger partial charge in [-0.1, -0.05) is 0 Å². The van der Waals surface area contributed by atoms with Gasteiger partial charge < -0.3 is 15.0 Å². The minimum Gasteiger partial charge on any atom is -0.393 e. The molecule has 1 aromatic heterocycles. The van der Waals surface area contributed by atoms with Crippen LogP contribution in [0.25, 0.3) is 0 Å². The molecule has 0 bridgehead atoms. The number of carbonyl (C=O) groups excluding carboxylic acids is 1. The van der Waals surface area contributed by atoms with Crippen LogP contribution in [0.3, 0.4) is 0 Å². The topological polar surface area (TPSA) is 54.3 Å². The molecule has 1 aromatic rings. The summed E-state index contributed by atoms with van der Waals surface area (Å²) >= 11 is 0. The van der Waals surface area contributed by atoms with E-state index in [4.69, 9.17) is 0 Å². The zero-order valence-corrected chi connectivity index (χ0v) is 10.6. The second-order valence-corrected chi connectivity index (χ2v) is 4.92. The van der Waals surface area contributed by atoms with Gasteiger partial charge in [0.1, 0.15) is 5.69 Å². The van der Waals surface area contributed by atoms with Gasteiger partial charge in [-0.25, -0.2) is 8.78 Å². The Bertz CT molecular complexity index is 426. The minimum atomic E-state index is -2.48. The number of rotatable bonds is 4. The molecule has 0 saturated heterocycles. The van der Waals surface area contributed by atoms with E-state index in [-0.39, 0.29) is 23.7 Å². The second kappa shape index (κ2) is 6.14. The molecule has 1 aliphatic rings. The van der Waals surface area contributed by atoms with Crippen molar-refractivity contribution in [3.05, 3.63) is 24.0 Å². The SMILES string of the molecule is O=C(NC1CCC(O)CC1)c1cccn1CC(F)F. The van der Waals surface area contributed by atoms with Gasteiger partial charge in [0.25, 0.3) is 12.3 Å². The van der Waals surface area contributed by atoms with Crippen LogP contribution in [0, 0.1) is 0 Å². The first-order valence-corrected chi connectivity index (χ1v) is 6.48. The number of amides is 1. The lowest BCUT2D eigenvalue weighted by Crippen LogP contribution is -2.39. The maximum Gasteiger partial charge on any atom is 0.268 e. The average molecular weight is 272 g/mol. The largest absolute Gasteiger partial charge is 0.393 e. The number of aliphatic hydroxyl groups is 1. The van der Waals surface area contributed by atoms with Crippen LogP contribution in [0.4, 0.5) is 8.78 Å². The van der Waals surface area contributed by atoms with Crippen molar-refractivity contribution in [2.75, 3.05) is 0 Å². The molecular formula is C13H18F2N2O2. The van der Waals surface area contributed by atoms with Crippen molar-refractivity contribution in [3.8, 4) is 0 Å². The van der Waals surface area contributed by atoms with Crippen molar-refractivity contribution in [2.45, 2.75) is 50.8 Å². The van der Waals surface area contributed by atoms with Crippen molar-refractivity contribution < 1.29 is 18.7 Å². The summed E-state index contributed by atoms with van der Waals surface area (Å²) in [7, 11) is 0. The predicted molar refractivity (Wildman–Crippen MR) is 66.2 cm³/mol. The fourth-order valence-electron chi connectivity index (χ4n) is 2.41. The number of hydrogen-bond donors (Lipinski definition) is 2. The number of alkyl halides is 2.